The molecule has 0 saturated carbocycles. The zero-order chi connectivity index (χ0) is 18.6. The van der Waals surface area contributed by atoms with Gasteiger partial charge in [-0.25, -0.2) is 9.59 Å². The van der Waals surface area contributed by atoms with Gasteiger partial charge in [0.05, 0.1) is 7.11 Å². The summed E-state index contributed by atoms with van der Waals surface area (Å²) in [5.41, 5.74) is 0.740. The van der Waals surface area contributed by atoms with E-state index in [1.807, 2.05) is 6.92 Å². The molecule has 7 nitrogen and oxygen atoms in total. The molecule has 0 fully saturated rings. The number of fused-ring (bicyclic) bond motifs is 1. The molecule has 25 heavy (non-hydrogen) atoms. The minimum absolute atomic E-state index is 0.116. The van der Waals surface area contributed by atoms with Crippen LogP contribution in [0.3, 0.4) is 0 Å². The molecule has 2 rings (SSSR count). The average molecular weight is 347 g/mol. The van der Waals surface area contributed by atoms with E-state index in [0.29, 0.717) is 11.3 Å². The fourth-order valence-corrected chi connectivity index (χ4v) is 2.38. The molecule has 1 aromatic carbocycles. The molecule has 0 spiro atoms. The number of carbonyl (C=O) groups is 2. The number of esters is 1. The molecule has 0 radical (unpaired) electrons. The lowest BCUT2D eigenvalue weighted by Crippen LogP contribution is -2.46. The Labute approximate surface area is 144 Å². The third-order valence-electron chi connectivity index (χ3n) is 3.73. The van der Waals surface area contributed by atoms with Gasteiger partial charge < -0.3 is 19.2 Å². The molecular weight excluding hydrogens is 326 g/mol. The maximum absolute atomic E-state index is 12.0. The fraction of sp³-hybridized carbons (Fsp3) is 0.389. The van der Waals surface area contributed by atoms with Crippen molar-refractivity contribution < 1.29 is 23.5 Å². The van der Waals surface area contributed by atoms with E-state index >= 15 is 0 Å². The summed E-state index contributed by atoms with van der Waals surface area (Å²) in [5, 5.41) is 3.37. The second-order valence-corrected chi connectivity index (χ2v) is 6.01. The summed E-state index contributed by atoms with van der Waals surface area (Å²) in [5.74, 6) is -0.689. The molecule has 1 amide bonds. The van der Waals surface area contributed by atoms with Crippen LogP contribution >= 0.6 is 0 Å². The summed E-state index contributed by atoms with van der Waals surface area (Å²) in [6.07, 6.45) is 0. The molecule has 0 unspecified atom stereocenters. The second kappa shape index (κ2) is 7.83. The van der Waals surface area contributed by atoms with Crippen LogP contribution in [0, 0.1) is 12.8 Å². The first-order chi connectivity index (χ1) is 11.8. The Kier molecular flexibility index (Phi) is 5.80. The molecule has 1 atom stereocenters. The van der Waals surface area contributed by atoms with Gasteiger partial charge in [-0.05, 0) is 30.5 Å². The van der Waals surface area contributed by atoms with Gasteiger partial charge in [0.15, 0.2) is 6.61 Å². The van der Waals surface area contributed by atoms with E-state index in [2.05, 4.69) is 10.1 Å². The number of aryl methyl sites for hydroxylation is 1. The van der Waals surface area contributed by atoms with Crippen LogP contribution in [0.4, 0.5) is 0 Å². The molecule has 2 aromatic rings. The van der Waals surface area contributed by atoms with Crippen LogP contribution in [-0.2, 0) is 14.3 Å². The van der Waals surface area contributed by atoms with Crippen molar-refractivity contribution in [2.45, 2.75) is 26.8 Å². The van der Waals surface area contributed by atoms with Crippen molar-refractivity contribution in [3.05, 3.63) is 40.2 Å². The van der Waals surface area contributed by atoms with Gasteiger partial charge in [-0.1, -0.05) is 13.8 Å². The fourth-order valence-electron chi connectivity index (χ4n) is 2.38. The SMILES string of the molecule is COC(=O)[C@@H](NC(=O)COc1ccc2c(C)cc(=O)oc2c1)C(C)C. The zero-order valence-electron chi connectivity index (χ0n) is 14.6. The van der Waals surface area contributed by atoms with Crippen LogP contribution in [0.2, 0.25) is 0 Å². The van der Waals surface area contributed by atoms with E-state index in [9.17, 15) is 14.4 Å². The van der Waals surface area contributed by atoms with E-state index in [1.54, 1.807) is 32.0 Å². The molecule has 1 heterocycles. The largest absolute Gasteiger partial charge is 0.484 e. The highest BCUT2D eigenvalue weighted by atomic mass is 16.5. The van der Waals surface area contributed by atoms with E-state index in [-0.39, 0.29) is 12.5 Å². The number of hydrogen-bond donors (Lipinski definition) is 1. The van der Waals surface area contributed by atoms with Gasteiger partial charge in [0, 0.05) is 17.5 Å². The summed E-state index contributed by atoms with van der Waals surface area (Å²) < 4.78 is 15.2. The third-order valence-corrected chi connectivity index (χ3v) is 3.73. The highest BCUT2D eigenvalue weighted by molar-refractivity contribution is 5.85. The van der Waals surface area contributed by atoms with Crippen molar-refractivity contribution in [3.63, 3.8) is 0 Å². The van der Waals surface area contributed by atoms with Crippen molar-refractivity contribution in [2.24, 2.45) is 5.92 Å². The molecule has 1 N–H and O–H groups in total. The van der Waals surface area contributed by atoms with Gasteiger partial charge in [0.2, 0.25) is 0 Å². The molecule has 0 aliphatic heterocycles. The lowest BCUT2D eigenvalue weighted by molar-refractivity contribution is -0.146. The highest BCUT2D eigenvalue weighted by Gasteiger charge is 2.24. The minimum atomic E-state index is -0.738. The molecular formula is C18H21NO6. The molecule has 134 valence electrons. The molecule has 0 aliphatic rings. The Morgan fingerprint density at radius 1 is 1.24 bits per heavy atom. The number of carbonyl (C=O) groups excluding carboxylic acids is 2. The van der Waals surface area contributed by atoms with Gasteiger partial charge in [-0.3, -0.25) is 4.79 Å². The predicted molar refractivity (Wildman–Crippen MR) is 91.5 cm³/mol. The number of amides is 1. The zero-order valence-corrected chi connectivity index (χ0v) is 14.6. The maximum atomic E-state index is 12.0. The molecule has 7 heteroatoms. The van der Waals surface area contributed by atoms with Gasteiger partial charge in [0.25, 0.3) is 5.91 Å². The van der Waals surface area contributed by atoms with E-state index in [0.717, 1.165) is 10.9 Å². The van der Waals surface area contributed by atoms with Crippen LogP contribution in [0.1, 0.15) is 19.4 Å². The predicted octanol–water partition coefficient (Wildman–Crippen LogP) is 1.79. The highest BCUT2D eigenvalue weighted by Crippen LogP contribution is 2.22. The topological polar surface area (TPSA) is 94.8 Å². The normalized spacial score (nSPS) is 12.0. The summed E-state index contributed by atoms with van der Waals surface area (Å²) >= 11 is 0. The summed E-state index contributed by atoms with van der Waals surface area (Å²) in [6, 6.07) is 5.67. The second-order valence-electron chi connectivity index (χ2n) is 6.01. The minimum Gasteiger partial charge on any atom is -0.484 e. The molecule has 0 bridgehead atoms. The quantitative estimate of drug-likeness (QED) is 0.632. The Morgan fingerprint density at radius 3 is 2.60 bits per heavy atom. The van der Waals surface area contributed by atoms with Gasteiger partial charge >= 0.3 is 11.6 Å². The van der Waals surface area contributed by atoms with Crippen molar-refractivity contribution in [2.75, 3.05) is 13.7 Å². The molecule has 0 aliphatic carbocycles. The number of rotatable bonds is 6. The van der Waals surface area contributed by atoms with Crippen molar-refractivity contribution in [3.8, 4) is 5.75 Å². The summed E-state index contributed by atoms with van der Waals surface area (Å²) in [4.78, 5) is 35.1. The van der Waals surface area contributed by atoms with Crippen LogP contribution in [0.15, 0.2) is 33.5 Å². The third kappa shape index (κ3) is 4.59. The lowest BCUT2D eigenvalue weighted by Gasteiger charge is -2.19. The number of methoxy groups -OCH3 is 1. The smallest absolute Gasteiger partial charge is 0.336 e. The van der Waals surface area contributed by atoms with Gasteiger partial charge in [-0.2, -0.15) is 0 Å². The number of benzene rings is 1. The Hall–Kier alpha value is -2.83. The standard InChI is InChI=1S/C18H21NO6/c1-10(2)17(18(22)23-4)19-15(20)9-24-12-5-6-13-11(3)7-16(21)25-14(13)8-12/h5-8,10,17H,9H2,1-4H3,(H,19,20)/t17-/m0/s1. The van der Waals surface area contributed by atoms with Crippen LogP contribution in [0.25, 0.3) is 11.0 Å². The Balaban J connectivity index is 2.05. The lowest BCUT2D eigenvalue weighted by atomic mass is 10.0. The first-order valence-electron chi connectivity index (χ1n) is 7.86. The van der Waals surface area contributed by atoms with Crippen molar-refractivity contribution >= 4 is 22.8 Å². The average Bonchev–Trinajstić information content (AvgIpc) is 2.56. The van der Waals surface area contributed by atoms with Crippen LogP contribution < -0.4 is 15.7 Å². The van der Waals surface area contributed by atoms with Crippen LogP contribution in [0.5, 0.6) is 5.75 Å². The Bertz CT molecular complexity index is 839. The van der Waals surface area contributed by atoms with Gasteiger partial charge in [0.1, 0.15) is 17.4 Å². The van der Waals surface area contributed by atoms with Crippen LogP contribution in [-0.4, -0.2) is 31.6 Å². The van der Waals surface area contributed by atoms with Crippen molar-refractivity contribution in [1.29, 1.82) is 0 Å². The number of hydrogen-bond acceptors (Lipinski definition) is 6. The Morgan fingerprint density at radius 2 is 1.96 bits per heavy atom. The summed E-state index contributed by atoms with van der Waals surface area (Å²) in [6.45, 7) is 5.14. The monoisotopic (exact) mass is 347 g/mol. The first kappa shape index (κ1) is 18.5. The molecule has 1 aromatic heterocycles. The summed E-state index contributed by atoms with van der Waals surface area (Å²) in [7, 11) is 1.27. The van der Waals surface area contributed by atoms with E-state index in [1.165, 1.54) is 13.2 Å². The number of ether oxygens (including phenoxy) is 2. The molecule has 0 saturated heterocycles. The number of nitrogens with one attached hydrogen (secondary N) is 1. The van der Waals surface area contributed by atoms with E-state index in [4.69, 9.17) is 9.15 Å². The van der Waals surface area contributed by atoms with Gasteiger partial charge in [-0.15, -0.1) is 0 Å². The van der Waals surface area contributed by atoms with Crippen molar-refractivity contribution in [1.82, 2.24) is 5.32 Å². The first-order valence-corrected chi connectivity index (χ1v) is 7.86. The van der Waals surface area contributed by atoms with E-state index < -0.39 is 23.5 Å². The maximum Gasteiger partial charge on any atom is 0.336 e.